The molecule has 0 aliphatic rings. The number of halogens is 1. The second-order valence-electron chi connectivity index (χ2n) is 5.96. The summed E-state index contributed by atoms with van der Waals surface area (Å²) < 4.78 is 13.0. The van der Waals surface area contributed by atoms with Gasteiger partial charge in [0.15, 0.2) is 5.78 Å². The largest absolute Gasteiger partial charge is 0.366 e. The van der Waals surface area contributed by atoms with E-state index in [2.05, 4.69) is 20.6 Å². The number of Topliss-reactive ketones (excluding diaryl/α,β-unsaturated/α-hetero) is 1. The van der Waals surface area contributed by atoms with Crippen LogP contribution in [0.4, 0.5) is 21.8 Å². The van der Waals surface area contributed by atoms with Crippen LogP contribution < -0.4 is 10.6 Å². The maximum atomic E-state index is 13.0. The van der Waals surface area contributed by atoms with Gasteiger partial charge in [-0.1, -0.05) is 12.1 Å². The zero-order valence-corrected chi connectivity index (χ0v) is 14.6. The van der Waals surface area contributed by atoms with Crippen molar-refractivity contribution < 1.29 is 9.18 Å². The number of ketones is 1. The standard InChI is InChI=1S/C20H19FN4O/c1-13-11-19(22-12-15-3-7-17(21)8-4-15)25-20(23-13)24-18-9-5-16(6-10-18)14(2)26/h3-11H,12H2,1-2H3,(H2,22,23,24,25). The van der Waals surface area contributed by atoms with E-state index in [0.29, 0.717) is 23.9 Å². The van der Waals surface area contributed by atoms with Gasteiger partial charge in [0.2, 0.25) is 5.95 Å². The number of anilines is 3. The summed E-state index contributed by atoms with van der Waals surface area (Å²) >= 11 is 0. The maximum absolute atomic E-state index is 13.0. The summed E-state index contributed by atoms with van der Waals surface area (Å²) in [6, 6.07) is 15.3. The number of nitrogens with one attached hydrogen (secondary N) is 2. The Hall–Kier alpha value is -3.28. The van der Waals surface area contributed by atoms with E-state index in [1.165, 1.54) is 19.1 Å². The molecular weight excluding hydrogens is 331 g/mol. The van der Waals surface area contributed by atoms with Crippen LogP contribution in [0.2, 0.25) is 0 Å². The van der Waals surface area contributed by atoms with Crippen LogP contribution in [0.25, 0.3) is 0 Å². The summed E-state index contributed by atoms with van der Waals surface area (Å²) in [6.45, 7) is 3.95. The predicted octanol–water partition coefficient (Wildman–Crippen LogP) is 4.48. The molecule has 3 rings (SSSR count). The van der Waals surface area contributed by atoms with Gasteiger partial charge in [-0.05, 0) is 55.8 Å². The lowest BCUT2D eigenvalue weighted by molar-refractivity contribution is 0.101. The Kier molecular flexibility index (Phi) is 5.22. The van der Waals surface area contributed by atoms with E-state index in [4.69, 9.17) is 0 Å². The highest BCUT2D eigenvalue weighted by atomic mass is 19.1. The van der Waals surface area contributed by atoms with Crippen molar-refractivity contribution in [2.75, 3.05) is 10.6 Å². The highest BCUT2D eigenvalue weighted by Gasteiger charge is 2.05. The average molecular weight is 350 g/mol. The molecule has 0 spiro atoms. The van der Waals surface area contributed by atoms with Crippen molar-refractivity contribution in [2.45, 2.75) is 20.4 Å². The summed E-state index contributed by atoms with van der Waals surface area (Å²) in [6.07, 6.45) is 0. The third kappa shape index (κ3) is 4.63. The van der Waals surface area contributed by atoms with Gasteiger partial charge in [0.1, 0.15) is 11.6 Å². The second kappa shape index (κ2) is 7.74. The van der Waals surface area contributed by atoms with Gasteiger partial charge in [-0.25, -0.2) is 9.37 Å². The Morgan fingerprint density at radius 3 is 2.38 bits per heavy atom. The topological polar surface area (TPSA) is 66.9 Å². The lowest BCUT2D eigenvalue weighted by Crippen LogP contribution is -2.05. The molecule has 2 N–H and O–H groups in total. The van der Waals surface area contributed by atoms with Gasteiger partial charge in [-0.3, -0.25) is 4.79 Å². The summed E-state index contributed by atoms with van der Waals surface area (Å²) in [5, 5.41) is 6.35. The third-order valence-corrected chi connectivity index (χ3v) is 3.79. The van der Waals surface area contributed by atoms with Gasteiger partial charge in [0, 0.05) is 29.6 Å². The fraction of sp³-hybridized carbons (Fsp3) is 0.150. The van der Waals surface area contributed by atoms with Gasteiger partial charge >= 0.3 is 0 Å². The SMILES string of the molecule is CC(=O)c1ccc(Nc2nc(C)cc(NCc3ccc(F)cc3)n2)cc1. The molecule has 0 aliphatic heterocycles. The molecule has 0 fully saturated rings. The Morgan fingerprint density at radius 2 is 1.73 bits per heavy atom. The van der Waals surface area contributed by atoms with Crippen molar-refractivity contribution in [1.82, 2.24) is 9.97 Å². The quantitative estimate of drug-likeness (QED) is 0.642. The zero-order chi connectivity index (χ0) is 18.5. The van der Waals surface area contributed by atoms with Crippen LogP contribution >= 0.6 is 0 Å². The molecule has 0 amide bonds. The van der Waals surface area contributed by atoms with Gasteiger partial charge < -0.3 is 10.6 Å². The number of hydrogen-bond donors (Lipinski definition) is 2. The van der Waals surface area contributed by atoms with Crippen LogP contribution in [-0.2, 0) is 6.54 Å². The lowest BCUT2D eigenvalue weighted by Gasteiger charge is -2.10. The second-order valence-corrected chi connectivity index (χ2v) is 5.96. The number of benzene rings is 2. The molecule has 0 aliphatic carbocycles. The zero-order valence-electron chi connectivity index (χ0n) is 14.6. The maximum Gasteiger partial charge on any atom is 0.229 e. The highest BCUT2D eigenvalue weighted by Crippen LogP contribution is 2.17. The van der Waals surface area contributed by atoms with E-state index < -0.39 is 0 Å². The van der Waals surface area contributed by atoms with Crippen molar-refractivity contribution in [1.29, 1.82) is 0 Å². The summed E-state index contributed by atoms with van der Waals surface area (Å²) in [5.41, 5.74) is 3.22. The van der Waals surface area contributed by atoms with Crippen LogP contribution in [0.3, 0.4) is 0 Å². The van der Waals surface area contributed by atoms with Crippen LogP contribution in [0, 0.1) is 12.7 Å². The van der Waals surface area contributed by atoms with E-state index in [0.717, 1.165) is 16.9 Å². The number of hydrogen-bond acceptors (Lipinski definition) is 5. The molecule has 0 bridgehead atoms. The van der Waals surface area contributed by atoms with E-state index in [-0.39, 0.29) is 11.6 Å². The van der Waals surface area contributed by atoms with Gasteiger partial charge in [0.25, 0.3) is 0 Å². The normalized spacial score (nSPS) is 10.4. The molecule has 0 unspecified atom stereocenters. The van der Waals surface area contributed by atoms with Crippen molar-refractivity contribution in [3.8, 4) is 0 Å². The van der Waals surface area contributed by atoms with Gasteiger partial charge in [-0.15, -0.1) is 0 Å². The first kappa shape index (κ1) is 17.5. The molecule has 3 aromatic rings. The highest BCUT2D eigenvalue weighted by molar-refractivity contribution is 5.94. The molecule has 0 radical (unpaired) electrons. The fourth-order valence-corrected chi connectivity index (χ4v) is 2.43. The molecule has 6 heteroatoms. The van der Waals surface area contributed by atoms with Crippen LogP contribution in [0.5, 0.6) is 0 Å². The number of rotatable bonds is 6. The van der Waals surface area contributed by atoms with E-state index >= 15 is 0 Å². The number of aryl methyl sites for hydroxylation is 1. The monoisotopic (exact) mass is 350 g/mol. The molecule has 5 nitrogen and oxygen atoms in total. The Morgan fingerprint density at radius 1 is 1.04 bits per heavy atom. The van der Waals surface area contributed by atoms with E-state index in [9.17, 15) is 9.18 Å². The average Bonchev–Trinajstić information content (AvgIpc) is 2.61. The molecule has 0 saturated carbocycles. The summed E-state index contributed by atoms with van der Waals surface area (Å²) in [4.78, 5) is 20.2. The first-order valence-corrected chi connectivity index (χ1v) is 8.21. The van der Waals surface area contributed by atoms with Gasteiger partial charge in [-0.2, -0.15) is 4.98 Å². The minimum Gasteiger partial charge on any atom is -0.366 e. The number of carbonyl (C=O) groups excluding carboxylic acids is 1. The van der Waals surface area contributed by atoms with E-state index in [1.807, 2.05) is 25.1 Å². The fourth-order valence-electron chi connectivity index (χ4n) is 2.43. The molecule has 2 aromatic carbocycles. The summed E-state index contributed by atoms with van der Waals surface area (Å²) in [5.74, 6) is 0.899. The molecule has 26 heavy (non-hydrogen) atoms. The molecular formula is C20H19FN4O. The summed E-state index contributed by atoms with van der Waals surface area (Å²) in [7, 11) is 0. The Labute approximate surface area is 151 Å². The van der Waals surface area contributed by atoms with E-state index in [1.54, 1.807) is 24.3 Å². The number of carbonyl (C=O) groups is 1. The van der Waals surface area contributed by atoms with Crippen LogP contribution in [-0.4, -0.2) is 15.8 Å². The smallest absolute Gasteiger partial charge is 0.229 e. The molecule has 132 valence electrons. The number of nitrogens with zero attached hydrogens (tertiary/aromatic N) is 2. The molecule has 1 heterocycles. The van der Waals surface area contributed by atoms with Gasteiger partial charge in [0.05, 0.1) is 0 Å². The van der Waals surface area contributed by atoms with Crippen molar-refractivity contribution >= 4 is 23.2 Å². The first-order chi connectivity index (χ1) is 12.5. The molecule has 0 atom stereocenters. The predicted molar refractivity (Wildman–Crippen MR) is 100 cm³/mol. The molecule has 0 saturated heterocycles. The van der Waals surface area contributed by atoms with Crippen molar-refractivity contribution in [3.63, 3.8) is 0 Å². The van der Waals surface area contributed by atoms with Crippen LogP contribution in [0.15, 0.2) is 54.6 Å². The van der Waals surface area contributed by atoms with Crippen molar-refractivity contribution in [3.05, 3.63) is 77.2 Å². The lowest BCUT2D eigenvalue weighted by atomic mass is 10.1. The third-order valence-electron chi connectivity index (χ3n) is 3.79. The Bertz CT molecular complexity index is 908. The minimum atomic E-state index is -0.256. The first-order valence-electron chi connectivity index (χ1n) is 8.21. The van der Waals surface area contributed by atoms with Crippen LogP contribution in [0.1, 0.15) is 28.5 Å². The van der Waals surface area contributed by atoms with Crippen molar-refractivity contribution in [2.24, 2.45) is 0 Å². The Balaban J connectivity index is 1.70. The number of aromatic nitrogens is 2. The minimum absolute atomic E-state index is 0.0237. The molecule has 1 aromatic heterocycles.